The predicted octanol–water partition coefficient (Wildman–Crippen LogP) is 1.12. The zero-order valence-electron chi connectivity index (χ0n) is 10.9. The van der Waals surface area contributed by atoms with Crippen LogP contribution < -0.4 is 0 Å². The average Bonchev–Trinajstić information content (AvgIpc) is 2.76. The molecule has 1 saturated heterocycles. The van der Waals surface area contributed by atoms with Crippen LogP contribution in [0, 0.1) is 10.5 Å². The number of fused-ring (bicyclic) bond motifs is 1. The molecule has 21 heavy (non-hydrogen) atoms. The Bertz CT molecular complexity index is 734. The lowest BCUT2D eigenvalue weighted by molar-refractivity contribution is -0.0533. The fourth-order valence-electron chi connectivity index (χ4n) is 2.54. The molecule has 0 amide bonds. The van der Waals surface area contributed by atoms with Gasteiger partial charge in [-0.25, -0.2) is 4.39 Å². The number of benzene rings is 1. The molecule has 1 fully saturated rings. The third kappa shape index (κ3) is 2.37. The van der Waals surface area contributed by atoms with Crippen molar-refractivity contribution in [2.45, 2.75) is 24.5 Å². The maximum Gasteiger partial charge on any atom is 0.163 e. The van der Waals surface area contributed by atoms with E-state index >= 15 is 0 Å². The molecule has 7 heteroatoms. The molecule has 0 bridgehead atoms. The Labute approximate surface area is 124 Å². The molecule has 4 atom stereocenters. The minimum Gasteiger partial charge on any atom is -0.394 e. The number of halogens is 1. The first-order valence-electron chi connectivity index (χ1n) is 6.46. The van der Waals surface area contributed by atoms with Crippen LogP contribution in [0.2, 0.25) is 0 Å². The molecule has 0 radical (unpaired) electrons. The normalized spacial score (nSPS) is 29.1. The zero-order valence-corrected chi connectivity index (χ0v) is 11.7. The highest BCUT2D eigenvalue weighted by Crippen LogP contribution is 2.31. The Hall–Kier alpha value is -1.38. The topological polar surface area (TPSA) is 74.9 Å². The Balaban J connectivity index is 2.09. The summed E-state index contributed by atoms with van der Waals surface area (Å²) in [6.45, 7) is -0.412. The number of hydrogen-bond acceptors (Lipinski definition) is 5. The standard InChI is InChI=1S/C14H14FNO4S/c15-8-2-1-7-3-4-16(14(21)9(7)5-8)13-12(19)11(18)10(6-17)20-13/h1-5,10-13,17-19H,6H2/t10-,11-,12+,13-/m1/s1. The van der Waals surface area contributed by atoms with Crippen molar-refractivity contribution in [2.75, 3.05) is 6.61 Å². The van der Waals surface area contributed by atoms with Crippen molar-refractivity contribution in [3.05, 3.63) is 40.9 Å². The number of aliphatic hydroxyl groups is 3. The molecule has 0 unspecified atom stereocenters. The Morgan fingerprint density at radius 3 is 2.67 bits per heavy atom. The smallest absolute Gasteiger partial charge is 0.163 e. The van der Waals surface area contributed by atoms with Crippen molar-refractivity contribution in [1.82, 2.24) is 4.57 Å². The molecule has 2 aromatic rings. The van der Waals surface area contributed by atoms with Gasteiger partial charge >= 0.3 is 0 Å². The molecular weight excluding hydrogens is 297 g/mol. The van der Waals surface area contributed by atoms with Crippen molar-refractivity contribution in [1.29, 1.82) is 0 Å². The summed E-state index contributed by atoms with van der Waals surface area (Å²) in [5, 5.41) is 30.2. The van der Waals surface area contributed by atoms with Gasteiger partial charge in [-0.3, -0.25) is 0 Å². The highest BCUT2D eigenvalue weighted by atomic mass is 32.1. The minimum absolute atomic E-state index is 0.293. The SMILES string of the molecule is OC[C@H]1O[C@@H](n2ccc3ccc(F)cc3c2=S)[C@@H](O)[C@@H]1O. The van der Waals surface area contributed by atoms with E-state index in [4.69, 9.17) is 22.1 Å². The van der Waals surface area contributed by atoms with E-state index in [-0.39, 0.29) is 0 Å². The van der Waals surface area contributed by atoms with Gasteiger partial charge in [0.25, 0.3) is 0 Å². The summed E-state index contributed by atoms with van der Waals surface area (Å²) in [6, 6.07) is 5.99. The van der Waals surface area contributed by atoms with Gasteiger partial charge in [-0.1, -0.05) is 18.3 Å². The minimum atomic E-state index is -1.22. The Morgan fingerprint density at radius 2 is 2.00 bits per heavy atom. The summed E-state index contributed by atoms with van der Waals surface area (Å²) in [6.07, 6.45) is -2.61. The average molecular weight is 311 g/mol. The molecule has 112 valence electrons. The molecule has 1 aliphatic rings. The van der Waals surface area contributed by atoms with E-state index in [1.807, 2.05) is 0 Å². The second-order valence-electron chi connectivity index (χ2n) is 4.99. The second-order valence-corrected chi connectivity index (χ2v) is 5.38. The van der Waals surface area contributed by atoms with E-state index in [0.29, 0.717) is 10.0 Å². The Morgan fingerprint density at radius 1 is 1.24 bits per heavy atom. The van der Waals surface area contributed by atoms with Gasteiger partial charge in [0.2, 0.25) is 0 Å². The summed E-state index contributed by atoms with van der Waals surface area (Å²) < 4.78 is 20.6. The van der Waals surface area contributed by atoms with E-state index in [9.17, 15) is 14.6 Å². The molecule has 5 nitrogen and oxygen atoms in total. The van der Waals surface area contributed by atoms with E-state index in [0.717, 1.165) is 5.39 Å². The van der Waals surface area contributed by atoms with Crippen LogP contribution in [0.3, 0.4) is 0 Å². The number of aromatic nitrogens is 1. The first kappa shape index (κ1) is 14.6. The van der Waals surface area contributed by atoms with Crippen LogP contribution in [0.15, 0.2) is 30.5 Å². The second kappa shape index (κ2) is 5.43. The van der Waals surface area contributed by atoms with E-state index < -0.39 is 37.0 Å². The lowest BCUT2D eigenvalue weighted by atomic mass is 10.1. The van der Waals surface area contributed by atoms with Crippen LogP contribution in [0.4, 0.5) is 4.39 Å². The summed E-state index contributed by atoms with van der Waals surface area (Å²) in [7, 11) is 0. The van der Waals surface area contributed by atoms with Crippen LogP contribution in [0.5, 0.6) is 0 Å². The van der Waals surface area contributed by atoms with Crippen LogP contribution in [-0.4, -0.2) is 44.8 Å². The first-order chi connectivity index (χ1) is 10.0. The fourth-order valence-corrected chi connectivity index (χ4v) is 2.88. The van der Waals surface area contributed by atoms with Crippen molar-refractivity contribution >= 4 is 23.0 Å². The molecule has 0 spiro atoms. The molecule has 3 rings (SSSR count). The summed E-state index contributed by atoms with van der Waals surface area (Å²) in [5.41, 5.74) is 0. The van der Waals surface area contributed by atoms with E-state index in [2.05, 4.69) is 0 Å². The lowest BCUT2D eigenvalue weighted by Crippen LogP contribution is -2.33. The highest BCUT2D eigenvalue weighted by molar-refractivity contribution is 7.71. The van der Waals surface area contributed by atoms with Crippen molar-refractivity contribution < 1.29 is 24.4 Å². The molecule has 0 aliphatic carbocycles. The molecule has 2 heterocycles. The lowest BCUT2D eigenvalue weighted by Gasteiger charge is -2.19. The number of ether oxygens (including phenoxy) is 1. The van der Waals surface area contributed by atoms with Gasteiger partial charge in [-0.05, 0) is 23.6 Å². The number of rotatable bonds is 2. The molecule has 3 N–H and O–H groups in total. The maximum absolute atomic E-state index is 13.4. The molecule has 0 saturated carbocycles. The summed E-state index contributed by atoms with van der Waals surface area (Å²) in [5.74, 6) is -0.410. The number of pyridine rings is 1. The Kier molecular flexibility index (Phi) is 3.76. The number of nitrogens with zero attached hydrogens (tertiary/aromatic N) is 1. The number of hydrogen-bond donors (Lipinski definition) is 3. The third-order valence-electron chi connectivity index (χ3n) is 3.69. The van der Waals surface area contributed by atoms with Gasteiger partial charge < -0.3 is 24.6 Å². The molecular formula is C14H14FNO4S. The van der Waals surface area contributed by atoms with Crippen LogP contribution in [-0.2, 0) is 4.74 Å². The summed E-state index contributed by atoms with van der Waals surface area (Å²) in [4.78, 5) is 0. The first-order valence-corrected chi connectivity index (χ1v) is 6.86. The zero-order chi connectivity index (χ0) is 15.1. The molecule has 1 aromatic carbocycles. The van der Waals surface area contributed by atoms with Gasteiger partial charge in [0.05, 0.1) is 6.61 Å². The molecule has 1 aromatic heterocycles. The largest absolute Gasteiger partial charge is 0.394 e. The number of aliphatic hydroxyl groups excluding tert-OH is 3. The predicted molar refractivity (Wildman–Crippen MR) is 75.7 cm³/mol. The highest BCUT2D eigenvalue weighted by Gasteiger charge is 2.43. The van der Waals surface area contributed by atoms with Crippen molar-refractivity contribution in [3.63, 3.8) is 0 Å². The quantitative estimate of drug-likeness (QED) is 0.725. The van der Waals surface area contributed by atoms with E-state index in [1.165, 1.54) is 16.7 Å². The van der Waals surface area contributed by atoms with Gasteiger partial charge in [0, 0.05) is 11.6 Å². The van der Waals surface area contributed by atoms with Gasteiger partial charge in [-0.15, -0.1) is 0 Å². The van der Waals surface area contributed by atoms with Gasteiger partial charge in [0.15, 0.2) is 6.23 Å². The summed E-state index contributed by atoms with van der Waals surface area (Å²) >= 11 is 5.32. The van der Waals surface area contributed by atoms with Gasteiger partial charge in [-0.2, -0.15) is 0 Å². The van der Waals surface area contributed by atoms with Crippen molar-refractivity contribution in [2.24, 2.45) is 0 Å². The fraction of sp³-hybridized carbons (Fsp3) is 0.357. The van der Waals surface area contributed by atoms with Crippen molar-refractivity contribution in [3.8, 4) is 0 Å². The van der Waals surface area contributed by atoms with Crippen LogP contribution in [0.25, 0.3) is 10.8 Å². The van der Waals surface area contributed by atoms with E-state index in [1.54, 1.807) is 18.3 Å². The maximum atomic E-state index is 13.4. The van der Waals surface area contributed by atoms with Crippen LogP contribution in [0.1, 0.15) is 6.23 Å². The monoisotopic (exact) mass is 311 g/mol. The molecule has 1 aliphatic heterocycles. The van der Waals surface area contributed by atoms with Crippen LogP contribution >= 0.6 is 12.2 Å². The van der Waals surface area contributed by atoms with Gasteiger partial charge in [0.1, 0.15) is 28.8 Å². The third-order valence-corrected chi connectivity index (χ3v) is 4.12.